The van der Waals surface area contributed by atoms with E-state index in [0.717, 1.165) is 6.42 Å². The van der Waals surface area contributed by atoms with Gasteiger partial charge in [-0.15, -0.1) is 6.58 Å². The first-order valence-electron chi connectivity index (χ1n) is 6.55. The van der Waals surface area contributed by atoms with Gasteiger partial charge in [0.2, 0.25) is 5.82 Å². The highest BCUT2D eigenvalue weighted by molar-refractivity contribution is 5.62. The Morgan fingerprint density at radius 3 is 2.70 bits per heavy atom. The molecule has 1 aromatic heterocycles. The highest BCUT2D eigenvalue weighted by atomic mass is 16.6. The monoisotopic (exact) mass is 280 g/mol. The van der Waals surface area contributed by atoms with E-state index in [9.17, 15) is 10.1 Å². The minimum Gasteiger partial charge on any atom is -0.473 e. The van der Waals surface area contributed by atoms with Crippen LogP contribution in [0.5, 0.6) is 5.88 Å². The highest BCUT2D eigenvalue weighted by Gasteiger charge is 2.26. The maximum absolute atomic E-state index is 11.2. The predicted molar refractivity (Wildman–Crippen MR) is 77.2 cm³/mol. The van der Waals surface area contributed by atoms with Gasteiger partial charge in [0.15, 0.2) is 0 Å². The van der Waals surface area contributed by atoms with Crippen LogP contribution < -0.4 is 10.1 Å². The fourth-order valence-electron chi connectivity index (χ4n) is 1.47. The van der Waals surface area contributed by atoms with Crippen molar-refractivity contribution in [3.05, 3.63) is 28.6 Å². The zero-order chi connectivity index (χ0) is 15.1. The van der Waals surface area contributed by atoms with Gasteiger partial charge in [-0.1, -0.05) is 26.8 Å². The molecule has 0 radical (unpaired) electrons. The second-order valence-electron chi connectivity index (χ2n) is 4.51. The molecule has 0 fully saturated rings. The molecule has 110 valence electrons. The first kappa shape index (κ1) is 15.9. The van der Waals surface area contributed by atoms with E-state index >= 15 is 0 Å². The molecule has 0 amide bonds. The van der Waals surface area contributed by atoms with Gasteiger partial charge in [0.1, 0.15) is 5.82 Å². The van der Waals surface area contributed by atoms with E-state index < -0.39 is 4.92 Å². The van der Waals surface area contributed by atoms with Crippen molar-refractivity contribution in [1.29, 1.82) is 0 Å². The summed E-state index contributed by atoms with van der Waals surface area (Å²) in [5.74, 6) is 0.735. The smallest absolute Gasteiger partial charge is 0.372 e. The van der Waals surface area contributed by atoms with Gasteiger partial charge in [-0.25, -0.2) is 4.98 Å². The molecule has 1 N–H and O–H groups in total. The lowest BCUT2D eigenvalue weighted by Crippen LogP contribution is -2.12. The van der Waals surface area contributed by atoms with Gasteiger partial charge in [0, 0.05) is 12.5 Å². The summed E-state index contributed by atoms with van der Waals surface area (Å²) in [6, 6.07) is 0. The Balaban J connectivity index is 3.31. The molecule has 0 aliphatic carbocycles. The van der Waals surface area contributed by atoms with Crippen LogP contribution in [0.1, 0.15) is 38.9 Å². The van der Waals surface area contributed by atoms with Crippen LogP contribution in [0.2, 0.25) is 0 Å². The number of ether oxygens (including phenoxy) is 1. The van der Waals surface area contributed by atoms with E-state index in [-0.39, 0.29) is 23.3 Å². The second-order valence-corrected chi connectivity index (χ2v) is 4.51. The maximum Gasteiger partial charge on any atom is 0.372 e. The van der Waals surface area contributed by atoms with Crippen LogP contribution >= 0.6 is 0 Å². The quantitative estimate of drug-likeness (QED) is 0.447. The molecule has 1 aromatic rings. The lowest BCUT2D eigenvalue weighted by atomic mass is 10.2. The number of nitrogens with zero attached hydrogens (tertiary/aromatic N) is 3. The Bertz CT molecular complexity index is 489. The normalized spacial score (nSPS) is 10.4. The summed E-state index contributed by atoms with van der Waals surface area (Å²) >= 11 is 0. The topological polar surface area (TPSA) is 90.2 Å². The van der Waals surface area contributed by atoms with Crippen molar-refractivity contribution in [2.45, 2.75) is 33.1 Å². The van der Waals surface area contributed by atoms with Crippen molar-refractivity contribution in [2.75, 3.05) is 18.5 Å². The van der Waals surface area contributed by atoms with E-state index in [1.54, 1.807) is 6.08 Å². The fourth-order valence-corrected chi connectivity index (χ4v) is 1.47. The lowest BCUT2D eigenvalue weighted by molar-refractivity contribution is -0.385. The largest absolute Gasteiger partial charge is 0.473 e. The van der Waals surface area contributed by atoms with Crippen molar-refractivity contribution in [2.24, 2.45) is 0 Å². The Hall–Kier alpha value is -2.18. The van der Waals surface area contributed by atoms with Gasteiger partial charge < -0.3 is 10.1 Å². The highest BCUT2D eigenvalue weighted by Crippen LogP contribution is 2.33. The number of rotatable bonds is 8. The van der Waals surface area contributed by atoms with E-state index in [2.05, 4.69) is 21.9 Å². The standard InChI is InChI=1S/C13H20N4O3/c1-5-7-14-12-10(17(18)19)13(20-8-6-2)16-11(15-12)9(3)4/h5,9H,1,6-8H2,2-4H3,(H,14,15,16). The molecule has 0 aromatic carbocycles. The molecule has 20 heavy (non-hydrogen) atoms. The van der Waals surface area contributed by atoms with Crippen LogP contribution in [0.15, 0.2) is 12.7 Å². The Morgan fingerprint density at radius 1 is 1.50 bits per heavy atom. The van der Waals surface area contributed by atoms with Crippen molar-refractivity contribution < 1.29 is 9.66 Å². The van der Waals surface area contributed by atoms with E-state index in [1.165, 1.54) is 0 Å². The van der Waals surface area contributed by atoms with Gasteiger partial charge in [-0.05, 0) is 6.42 Å². The third-order valence-corrected chi connectivity index (χ3v) is 2.43. The van der Waals surface area contributed by atoms with Crippen molar-refractivity contribution >= 4 is 11.5 Å². The van der Waals surface area contributed by atoms with Crippen LogP contribution in [0.4, 0.5) is 11.5 Å². The van der Waals surface area contributed by atoms with Crippen molar-refractivity contribution in [3.8, 4) is 5.88 Å². The molecule has 0 saturated heterocycles. The zero-order valence-electron chi connectivity index (χ0n) is 12.0. The van der Waals surface area contributed by atoms with Crippen LogP contribution in [0.3, 0.4) is 0 Å². The lowest BCUT2D eigenvalue weighted by Gasteiger charge is -2.12. The third-order valence-electron chi connectivity index (χ3n) is 2.43. The average molecular weight is 280 g/mol. The summed E-state index contributed by atoms with van der Waals surface area (Å²) in [5, 5.41) is 14.1. The number of nitro groups is 1. The van der Waals surface area contributed by atoms with Crippen LogP contribution in [0.25, 0.3) is 0 Å². The molecule has 0 bridgehead atoms. The summed E-state index contributed by atoms with van der Waals surface area (Å²) in [5.41, 5.74) is -0.232. The zero-order valence-corrected chi connectivity index (χ0v) is 12.0. The van der Waals surface area contributed by atoms with E-state index in [4.69, 9.17) is 4.74 Å². The Morgan fingerprint density at radius 2 is 2.20 bits per heavy atom. The predicted octanol–water partition coefficient (Wildman–Crippen LogP) is 2.89. The fraction of sp³-hybridized carbons (Fsp3) is 0.538. The third kappa shape index (κ3) is 3.91. The van der Waals surface area contributed by atoms with Crippen LogP contribution in [-0.2, 0) is 0 Å². The summed E-state index contributed by atoms with van der Waals surface area (Å²) in [4.78, 5) is 19.1. The van der Waals surface area contributed by atoms with Gasteiger partial charge in [0.25, 0.3) is 5.88 Å². The molecule has 1 rings (SSSR count). The van der Waals surface area contributed by atoms with E-state index in [0.29, 0.717) is 19.0 Å². The number of anilines is 1. The summed E-state index contributed by atoms with van der Waals surface area (Å²) in [6.45, 7) is 10.1. The van der Waals surface area contributed by atoms with Gasteiger partial charge in [-0.2, -0.15) is 4.98 Å². The molecule has 7 heteroatoms. The number of hydrogen-bond acceptors (Lipinski definition) is 6. The van der Waals surface area contributed by atoms with Crippen LogP contribution in [0, 0.1) is 10.1 Å². The van der Waals surface area contributed by atoms with Crippen molar-refractivity contribution in [3.63, 3.8) is 0 Å². The van der Waals surface area contributed by atoms with Crippen molar-refractivity contribution in [1.82, 2.24) is 9.97 Å². The Kier molecular flexibility index (Phi) is 5.89. The summed E-state index contributed by atoms with van der Waals surface area (Å²) < 4.78 is 5.40. The number of hydrogen-bond donors (Lipinski definition) is 1. The molecule has 0 saturated carbocycles. The molecule has 0 spiro atoms. The van der Waals surface area contributed by atoms with E-state index in [1.807, 2.05) is 20.8 Å². The average Bonchev–Trinajstić information content (AvgIpc) is 2.41. The maximum atomic E-state index is 11.2. The van der Waals surface area contributed by atoms with Gasteiger partial charge >= 0.3 is 5.69 Å². The summed E-state index contributed by atoms with van der Waals surface area (Å²) in [7, 11) is 0. The minimum absolute atomic E-state index is 0.0158. The van der Waals surface area contributed by atoms with Crippen LogP contribution in [-0.4, -0.2) is 28.0 Å². The summed E-state index contributed by atoms with van der Waals surface area (Å²) in [6.07, 6.45) is 2.35. The number of nitrogens with one attached hydrogen (secondary N) is 1. The Labute approximate surface area is 118 Å². The first-order chi connectivity index (χ1) is 9.51. The molecule has 0 aliphatic rings. The van der Waals surface area contributed by atoms with Gasteiger partial charge in [-0.3, -0.25) is 10.1 Å². The molecule has 7 nitrogen and oxygen atoms in total. The molecule has 0 atom stereocenters. The minimum atomic E-state index is -0.527. The molecular formula is C13H20N4O3. The first-order valence-corrected chi connectivity index (χ1v) is 6.55. The SMILES string of the molecule is C=CCNc1nc(C(C)C)nc(OCCC)c1[N+](=O)[O-]. The number of aromatic nitrogens is 2. The van der Waals surface area contributed by atoms with Gasteiger partial charge in [0.05, 0.1) is 11.5 Å². The molecule has 1 heterocycles. The molecular weight excluding hydrogens is 260 g/mol. The molecule has 0 aliphatic heterocycles. The second kappa shape index (κ2) is 7.42. The molecule has 0 unspecified atom stereocenters.